The van der Waals surface area contributed by atoms with E-state index >= 15 is 0 Å². The summed E-state index contributed by atoms with van der Waals surface area (Å²) in [4.78, 5) is 16.3. The molecule has 0 amide bonds. The van der Waals surface area contributed by atoms with E-state index in [4.69, 9.17) is 0 Å². The number of rotatable bonds is 3. The first-order chi connectivity index (χ1) is 8.11. The van der Waals surface area contributed by atoms with Gasteiger partial charge in [0.05, 0.1) is 10.7 Å². The van der Waals surface area contributed by atoms with Gasteiger partial charge in [-0.25, -0.2) is 0 Å². The molecule has 88 valence electrons. The number of hydrogen-bond donors (Lipinski definition) is 0. The van der Waals surface area contributed by atoms with E-state index in [2.05, 4.69) is 26.0 Å². The molecule has 0 bridgehead atoms. The summed E-state index contributed by atoms with van der Waals surface area (Å²) >= 11 is 3.36. The van der Waals surface area contributed by atoms with Gasteiger partial charge >= 0.3 is 0 Å². The van der Waals surface area contributed by atoms with Gasteiger partial charge in [-0.3, -0.25) is 14.5 Å². The van der Waals surface area contributed by atoms with Crippen LogP contribution >= 0.6 is 15.9 Å². The molecule has 0 fully saturated rings. The second-order valence-corrected chi connectivity index (χ2v) is 4.80. The molecule has 0 aromatic carbocycles. The standard InChI is InChI=1S/C12H12BrN3O/c1-8(2)16-11(10(13)7-15-16)12(17)9-4-3-5-14-6-9/h3-8H,1-2H3. The summed E-state index contributed by atoms with van der Waals surface area (Å²) in [5.41, 5.74) is 1.13. The van der Waals surface area contributed by atoms with E-state index < -0.39 is 0 Å². The second-order valence-electron chi connectivity index (χ2n) is 3.95. The van der Waals surface area contributed by atoms with Crippen LogP contribution in [0.2, 0.25) is 0 Å². The minimum Gasteiger partial charge on any atom is -0.287 e. The second kappa shape index (κ2) is 4.79. The summed E-state index contributed by atoms with van der Waals surface area (Å²) in [6.45, 7) is 3.97. The first kappa shape index (κ1) is 12.0. The SMILES string of the molecule is CC(C)n1ncc(Br)c1C(=O)c1cccnc1. The maximum atomic E-state index is 12.3. The Bertz CT molecular complexity index is 534. The van der Waals surface area contributed by atoms with E-state index in [0.717, 1.165) is 0 Å². The molecule has 17 heavy (non-hydrogen) atoms. The number of ketones is 1. The lowest BCUT2D eigenvalue weighted by Gasteiger charge is -2.10. The van der Waals surface area contributed by atoms with Gasteiger partial charge in [0, 0.05) is 24.0 Å². The Balaban J connectivity index is 2.48. The number of nitrogens with zero attached hydrogens (tertiary/aromatic N) is 3. The third kappa shape index (κ3) is 2.29. The Morgan fingerprint density at radius 1 is 1.41 bits per heavy atom. The molecule has 0 spiro atoms. The van der Waals surface area contributed by atoms with Gasteiger partial charge in [0.25, 0.3) is 0 Å². The number of carbonyl (C=O) groups excluding carboxylic acids is 1. The zero-order valence-corrected chi connectivity index (χ0v) is 11.2. The molecule has 2 aromatic rings. The van der Waals surface area contributed by atoms with E-state index in [1.54, 1.807) is 35.4 Å². The molecule has 4 nitrogen and oxygen atoms in total. The van der Waals surface area contributed by atoms with Crippen LogP contribution in [0.5, 0.6) is 0 Å². The molecule has 0 unspecified atom stereocenters. The van der Waals surface area contributed by atoms with Gasteiger partial charge < -0.3 is 0 Å². The van der Waals surface area contributed by atoms with Crippen molar-refractivity contribution < 1.29 is 4.79 Å². The van der Waals surface area contributed by atoms with Gasteiger partial charge in [-0.2, -0.15) is 5.10 Å². The normalized spacial score (nSPS) is 10.8. The van der Waals surface area contributed by atoms with E-state index in [-0.39, 0.29) is 11.8 Å². The monoisotopic (exact) mass is 293 g/mol. The summed E-state index contributed by atoms with van der Waals surface area (Å²) in [5.74, 6) is -0.0730. The number of pyridine rings is 1. The Hall–Kier alpha value is -1.49. The predicted molar refractivity (Wildman–Crippen MR) is 68.0 cm³/mol. The molecule has 0 aliphatic carbocycles. The highest BCUT2D eigenvalue weighted by Crippen LogP contribution is 2.22. The molecule has 2 aromatic heterocycles. The van der Waals surface area contributed by atoms with Gasteiger partial charge in [-0.05, 0) is 41.9 Å². The highest BCUT2D eigenvalue weighted by Gasteiger charge is 2.20. The molecular weight excluding hydrogens is 282 g/mol. The van der Waals surface area contributed by atoms with Crippen molar-refractivity contribution in [1.29, 1.82) is 0 Å². The van der Waals surface area contributed by atoms with E-state index in [1.807, 2.05) is 13.8 Å². The zero-order valence-electron chi connectivity index (χ0n) is 9.59. The molecule has 0 aliphatic heterocycles. The Labute approximate surface area is 108 Å². The summed E-state index contributed by atoms with van der Waals surface area (Å²) < 4.78 is 2.42. The highest BCUT2D eigenvalue weighted by molar-refractivity contribution is 9.10. The van der Waals surface area contributed by atoms with Crippen LogP contribution in [-0.4, -0.2) is 20.5 Å². The molecule has 0 saturated heterocycles. The van der Waals surface area contributed by atoms with Crippen molar-refractivity contribution in [3.63, 3.8) is 0 Å². The van der Waals surface area contributed by atoms with Crippen LogP contribution in [0.1, 0.15) is 35.9 Å². The molecule has 0 radical (unpaired) electrons. The Morgan fingerprint density at radius 3 is 2.76 bits per heavy atom. The van der Waals surface area contributed by atoms with Crippen LogP contribution in [-0.2, 0) is 0 Å². The van der Waals surface area contributed by atoms with E-state index in [9.17, 15) is 4.79 Å². The first-order valence-corrected chi connectivity index (χ1v) is 6.08. The summed E-state index contributed by atoms with van der Waals surface area (Å²) in [6, 6.07) is 3.63. The number of hydrogen-bond acceptors (Lipinski definition) is 3. The van der Waals surface area contributed by atoms with Gasteiger partial charge in [-0.15, -0.1) is 0 Å². The largest absolute Gasteiger partial charge is 0.287 e. The van der Waals surface area contributed by atoms with Crippen molar-refractivity contribution in [2.24, 2.45) is 0 Å². The van der Waals surface area contributed by atoms with Gasteiger partial charge in [0.1, 0.15) is 5.69 Å². The Kier molecular flexibility index (Phi) is 3.38. The molecule has 2 rings (SSSR count). The molecular formula is C12H12BrN3O. The van der Waals surface area contributed by atoms with Crippen LogP contribution in [0.3, 0.4) is 0 Å². The minimum atomic E-state index is -0.0730. The lowest BCUT2D eigenvalue weighted by atomic mass is 10.1. The smallest absolute Gasteiger partial charge is 0.213 e. The highest BCUT2D eigenvalue weighted by atomic mass is 79.9. The molecule has 0 saturated carbocycles. The fourth-order valence-corrected chi connectivity index (χ4v) is 2.03. The predicted octanol–water partition coefficient (Wildman–Crippen LogP) is 2.85. The zero-order chi connectivity index (χ0) is 12.4. The summed E-state index contributed by atoms with van der Waals surface area (Å²) in [6.07, 6.45) is 4.85. The van der Waals surface area contributed by atoms with Crippen LogP contribution in [0.25, 0.3) is 0 Å². The molecule has 0 atom stereocenters. The average Bonchev–Trinajstić information content (AvgIpc) is 2.71. The lowest BCUT2D eigenvalue weighted by molar-refractivity contribution is 0.102. The quantitative estimate of drug-likeness (QED) is 0.818. The minimum absolute atomic E-state index is 0.0730. The maximum Gasteiger partial charge on any atom is 0.213 e. The third-order valence-electron chi connectivity index (χ3n) is 2.38. The fraction of sp³-hybridized carbons (Fsp3) is 0.250. The molecule has 0 aliphatic rings. The lowest BCUT2D eigenvalue weighted by Crippen LogP contribution is -2.14. The Morgan fingerprint density at radius 2 is 2.18 bits per heavy atom. The summed E-state index contributed by atoms with van der Waals surface area (Å²) in [7, 11) is 0. The van der Waals surface area contributed by atoms with Crippen molar-refractivity contribution in [1.82, 2.24) is 14.8 Å². The van der Waals surface area contributed by atoms with Crippen LogP contribution in [0.4, 0.5) is 0 Å². The van der Waals surface area contributed by atoms with Gasteiger partial charge in [0.2, 0.25) is 5.78 Å². The van der Waals surface area contributed by atoms with Crippen molar-refractivity contribution in [2.75, 3.05) is 0 Å². The fourth-order valence-electron chi connectivity index (χ4n) is 1.58. The van der Waals surface area contributed by atoms with Crippen molar-refractivity contribution in [3.8, 4) is 0 Å². The molecule has 5 heteroatoms. The molecule has 2 heterocycles. The topological polar surface area (TPSA) is 47.8 Å². The number of aromatic nitrogens is 3. The van der Waals surface area contributed by atoms with E-state index in [1.165, 1.54) is 0 Å². The maximum absolute atomic E-state index is 12.3. The average molecular weight is 294 g/mol. The number of halogens is 1. The van der Waals surface area contributed by atoms with Crippen LogP contribution < -0.4 is 0 Å². The van der Waals surface area contributed by atoms with E-state index in [0.29, 0.717) is 15.7 Å². The number of carbonyl (C=O) groups is 1. The summed E-state index contributed by atoms with van der Waals surface area (Å²) in [5, 5.41) is 4.19. The van der Waals surface area contributed by atoms with Gasteiger partial charge in [-0.1, -0.05) is 0 Å². The third-order valence-corrected chi connectivity index (χ3v) is 2.96. The first-order valence-electron chi connectivity index (χ1n) is 5.29. The van der Waals surface area contributed by atoms with Crippen molar-refractivity contribution >= 4 is 21.7 Å². The van der Waals surface area contributed by atoms with Gasteiger partial charge in [0.15, 0.2) is 0 Å². The van der Waals surface area contributed by atoms with Crippen molar-refractivity contribution in [2.45, 2.75) is 19.9 Å². The van der Waals surface area contributed by atoms with Crippen LogP contribution in [0.15, 0.2) is 35.2 Å². The van der Waals surface area contributed by atoms with Crippen LogP contribution in [0, 0.1) is 0 Å². The van der Waals surface area contributed by atoms with Crippen molar-refractivity contribution in [3.05, 3.63) is 46.5 Å². The molecule has 0 N–H and O–H groups in total.